The number of ether oxygens (including phenoxy) is 3. The molecular formula is C35H55NO6S. The minimum Gasteiger partial charge on any atom is -0.374 e. The fraction of sp³-hybridized carbons (Fsp3) is 0.971. The molecule has 2 saturated heterocycles. The second-order valence-corrected chi connectivity index (χ2v) is 19.6. The van der Waals surface area contributed by atoms with Crippen molar-refractivity contribution >= 4 is 15.7 Å². The quantitative estimate of drug-likeness (QED) is 0.386. The summed E-state index contributed by atoms with van der Waals surface area (Å²) in [5, 5.41) is 0. The number of nitrogens with zero attached hydrogens (tertiary/aromatic N) is 1. The molecule has 242 valence electrons. The molecule has 6 aliphatic carbocycles. The number of hydrogen-bond donors (Lipinski definition) is 0. The zero-order valence-corrected chi connectivity index (χ0v) is 27.8. The third-order valence-corrected chi connectivity index (χ3v) is 15.9. The first kappa shape index (κ1) is 29.7. The van der Waals surface area contributed by atoms with E-state index in [2.05, 4.69) is 20.8 Å². The van der Waals surface area contributed by atoms with Crippen molar-refractivity contribution in [2.75, 3.05) is 31.7 Å². The van der Waals surface area contributed by atoms with Crippen LogP contribution >= 0.6 is 0 Å². The number of carbonyl (C=O) groups is 1. The van der Waals surface area contributed by atoms with Crippen molar-refractivity contribution in [2.24, 2.45) is 51.2 Å². The molecule has 0 radical (unpaired) electrons. The first-order valence-electron chi connectivity index (χ1n) is 17.7. The number of sulfone groups is 1. The van der Waals surface area contributed by atoms with Crippen LogP contribution in [0.1, 0.15) is 104 Å². The molecule has 0 aromatic carbocycles. The first-order chi connectivity index (χ1) is 20.3. The van der Waals surface area contributed by atoms with E-state index in [0.29, 0.717) is 66.0 Å². The van der Waals surface area contributed by atoms with Crippen molar-refractivity contribution in [3.63, 3.8) is 0 Å². The molecule has 6 saturated carbocycles. The Morgan fingerprint density at radius 2 is 1.72 bits per heavy atom. The van der Waals surface area contributed by atoms with E-state index in [-0.39, 0.29) is 41.7 Å². The molecule has 43 heavy (non-hydrogen) atoms. The van der Waals surface area contributed by atoms with Gasteiger partial charge in [0, 0.05) is 19.2 Å². The van der Waals surface area contributed by atoms with Crippen LogP contribution in [0, 0.1) is 51.2 Å². The van der Waals surface area contributed by atoms with Crippen LogP contribution in [0.5, 0.6) is 0 Å². The number of fused-ring (bicyclic) bond motifs is 4. The van der Waals surface area contributed by atoms with Crippen LogP contribution in [0.25, 0.3) is 0 Å². The molecule has 2 aliphatic heterocycles. The van der Waals surface area contributed by atoms with E-state index >= 15 is 0 Å². The Morgan fingerprint density at radius 3 is 2.49 bits per heavy atom. The maximum Gasteiger partial charge on any atom is 0.223 e. The third kappa shape index (κ3) is 4.64. The van der Waals surface area contributed by atoms with Crippen molar-refractivity contribution in [3.8, 4) is 0 Å². The Labute approximate surface area is 259 Å². The molecule has 7 nitrogen and oxygen atoms in total. The zero-order chi connectivity index (χ0) is 30.0. The number of carbonyl (C=O) groups excluding carboxylic acids is 1. The summed E-state index contributed by atoms with van der Waals surface area (Å²) in [5.74, 6) is 3.83. The Morgan fingerprint density at radius 1 is 0.930 bits per heavy atom. The normalized spacial score (nSPS) is 50.1. The topological polar surface area (TPSA) is 82.1 Å². The summed E-state index contributed by atoms with van der Waals surface area (Å²) < 4.78 is 43.6. The van der Waals surface area contributed by atoms with Crippen LogP contribution in [-0.2, 0) is 28.8 Å². The van der Waals surface area contributed by atoms with Crippen LogP contribution in [-0.4, -0.2) is 75.5 Å². The summed E-state index contributed by atoms with van der Waals surface area (Å²) in [7, 11) is -3.02. The van der Waals surface area contributed by atoms with E-state index in [4.69, 9.17) is 14.2 Å². The van der Waals surface area contributed by atoms with Crippen molar-refractivity contribution in [2.45, 2.75) is 129 Å². The van der Waals surface area contributed by atoms with Gasteiger partial charge in [0.05, 0.1) is 37.2 Å². The van der Waals surface area contributed by atoms with Crippen LogP contribution in [0.4, 0.5) is 0 Å². The van der Waals surface area contributed by atoms with Gasteiger partial charge < -0.3 is 19.1 Å². The predicted octanol–water partition coefficient (Wildman–Crippen LogP) is 5.61. The summed E-state index contributed by atoms with van der Waals surface area (Å²) in [6, 6.07) is 0. The Bertz CT molecular complexity index is 1250. The number of rotatable bonds is 6. The van der Waals surface area contributed by atoms with Gasteiger partial charge in [-0.3, -0.25) is 4.79 Å². The molecule has 4 unspecified atom stereocenters. The number of amides is 1. The Balaban J connectivity index is 0.954. The number of morpholine rings is 1. The second-order valence-electron chi connectivity index (χ2n) is 17.4. The van der Waals surface area contributed by atoms with E-state index < -0.39 is 9.84 Å². The standard InChI is InChI=1S/C35H55NO6S/c1-32(2)28-10-9-24-26-18-27-25(8-7-23(41-27)20-43(4,38)39)33(26,3)13-14-34(24)21-35(28,34)12-11-29(32)42-31-19-36(15-16-40-31)30(37)17-22-5-6-22/h22-29,31H,5-21H2,1-4H3/t23-,24?,25+,26?,27-,28+,29+,31?,33-,34?,35-/m1/s1. The highest BCUT2D eigenvalue weighted by Crippen LogP contribution is 2.87. The first-order valence-corrected chi connectivity index (χ1v) is 19.8. The summed E-state index contributed by atoms with van der Waals surface area (Å²) in [5.41, 5.74) is 1.36. The molecule has 8 heteroatoms. The van der Waals surface area contributed by atoms with Crippen LogP contribution < -0.4 is 0 Å². The molecule has 0 aromatic heterocycles. The molecule has 0 bridgehead atoms. The molecular weight excluding hydrogens is 562 g/mol. The highest BCUT2D eigenvalue weighted by atomic mass is 32.2. The van der Waals surface area contributed by atoms with Gasteiger partial charge in [0.25, 0.3) is 0 Å². The molecule has 0 aromatic rings. The average molecular weight is 618 g/mol. The van der Waals surface area contributed by atoms with Crippen molar-refractivity contribution in [1.29, 1.82) is 0 Å². The fourth-order valence-electron chi connectivity index (χ4n) is 12.8. The Hall–Kier alpha value is -0.700. The van der Waals surface area contributed by atoms with Gasteiger partial charge in [-0.25, -0.2) is 8.42 Å². The maximum absolute atomic E-state index is 12.8. The SMILES string of the molecule is CC1(C)[C@@H](OC2CN(C(=O)CC3CC3)CCO2)CC[C@]23CC24CC[C@@]2(C)C(C[C@H]5O[C@@H](CS(C)(=O)=O)CC[C@@H]52)C4CC[C@@H]13. The minimum atomic E-state index is -3.02. The largest absolute Gasteiger partial charge is 0.374 e. The lowest BCUT2D eigenvalue weighted by molar-refractivity contribution is -0.244. The van der Waals surface area contributed by atoms with E-state index in [1.165, 1.54) is 57.6 Å². The van der Waals surface area contributed by atoms with Gasteiger partial charge in [0.1, 0.15) is 9.84 Å². The van der Waals surface area contributed by atoms with Gasteiger partial charge in [-0.05, 0) is 128 Å². The smallest absolute Gasteiger partial charge is 0.223 e. The third-order valence-electron chi connectivity index (χ3n) is 15.0. The van der Waals surface area contributed by atoms with Crippen molar-refractivity contribution < 1.29 is 27.4 Å². The fourth-order valence-corrected chi connectivity index (χ4v) is 13.7. The molecule has 1 amide bonds. The molecule has 2 spiro atoms. The number of hydrogen-bond acceptors (Lipinski definition) is 6. The second kappa shape index (κ2) is 9.90. The van der Waals surface area contributed by atoms with Gasteiger partial charge in [-0.1, -0.05) is 20.8 Å². The lowest BCUT2D eigenvalue weighted by atomic mass is 9.46. The monoisotopic (exact) mass is 617 g/mol. The lowest BCUT2D eigenvalue weighted by Gasteiger charge is -2.60. The minimum absolute atomic E-state index is 0.0861. The molecule has 8 aliphatic rings. The van der Waals surface area contributed by atoms with Gasteiger partial charge in [0.15, 0.2) is 6.29 Å². The molecule has 8 rings (SSSR count). The predicted molar refractivity (Wildman–Crippen MR) is 164 cm³/mol. The molecule has 8 fully saturated rings. The van der Waals surface area contributed by atoms with E-state index in [1.54, 1.807) is 0 Å². The Kier molecular flexibility index (Phi) is 6.84. The maximum atomic E-state index is 12.8. The van der Waals surface area contributed by atoms with E-state index in [0.717, 1.165) is 31.6 Å². The van der Waals surface area contributed by atoms with Crippen LogP contribution in [0.15, 0.2) is 0 Å². The van der Waals surface area contributed by atoms with Gasteiger partial charge in [-0.15, -0.1) is 0 Å². The molecule has 0 N–H and O–H groups in total. The average Bonchev–Trinajstić information content (AvgIpc) is 3.85. The highest BCUT2D eigenvalue weighted by Gasteiger charge is 2.80. The van der Waals surface area contributed by atoms with Gasteiger partial charge in [0.2, 0.25) is 5.91 Å². The lowest BCUT2D eigenvalue weighted by Crippen LogP contribution is -2.56. The summed E-state index contributed by atoms with van der Waals surface area (Å²) in [6.07, 6.45) is 16.6. The van der Waals surface area contributed by atoms with Gasteiger partial charge in [-0.2, -0.15) is 0 Å². The summed E-state index contributed by atoms with van der Waals surface area (Å²) in [6.45, 7) is 9.37. The highest BCUT2D eigenvalue weighted by molar-refractivity contribution is 7.90. The van der Waals surface area contributed by atoms with Crippen LogP contribution in [0.3, 0.4) is 0 Å². The zero-order valence-electron chi connectivity index (χ0n) is 27.0. The summed E-state index contributed by atoms with van der Waals surface area (Å²) in [4.78, 5) is 14.8. The summed E-state index contributed by atoms with van der Waals surface area (Å²) >= 11 is 0. The molecule has 11 atom stereocenters. The van der Waals surface area contributed by atoms with Gasteiger partial charge >= 0.3 is 0 Å². The van der Waals surface area contributed by atoms with E-state index in [9.17, 15) is 13.2 Å². The van der Waals surface area contributed by atoms with Crippen molar-refractivity contribution in [3.05, 3.63) is 0 Å². The van der Waals surface area contributed by atoms with Crippen molar-refractivity contribution in [1.82, 2.24) is 4.90 Å². The van der Waals surface area contributed by atoms with Crippen LogP contribution in [0.2, 0.25) is 0 Å². The van der Waals surface area contributed by atoms with E-state index in [1.807, 2.05) is 4.90 Å². The molecule has 2 heterocycles.